The van der Waals surface area contributed by atoms with Crippen LogP contribution in [-0.4, -0.2) is 36.0 Å². The van der Waals surface area contributed by atoms with E-state index < -0.39 is 0 Å². The van der Waals surface area contributed by atoms with Gasteiger partial charge >= 0.3 is 0 Å². The zero-order valence-electron chi connectivity index (χ0n) is 20.2. The number of pyridine rings is 2. The average molecular weight is 504 g/mol. The van der Waals surface area contributed by atoms with Gasteiger partial charge < -0.3 is 10.3 Å². The molecule has 0 saturated heterocycles. The van der Waals surface area contributed by atoms with Crippen LogP contribution in [0.25, 0.3) is 55.8 Å². The Balaban J connectivity index is 1.26. The van der Waals surface area contributed by atoms with Crippen LogP contribution in [0.15, 0.2) is 73.2 Å². The second-order valence-corrected chi connectivity index (χ2v) is 9.56. The topological polar surface area (TPSA) is 112 Å². The van der Waals surface area contributed by atoms with Crippen molar-refractivity contribution in [3.8, 4) is 33.9 Å². The number of fused-ring (bicyclic) bond motifs is 2. The van der Waals surface area contributed by atoms with E-state index in [2.05, 4.69) is 30.5 Å². The summed E-state index contributed by atoms with van der Waals surface area (Å²) in [5.74, 6) is 0.463. The van der Waals surface area contributed by atoms with Crippen LogP contribution in [0.5, 0.6) is 0 Å². The fraction of sp³-hybridized carbons (Fsp3) is 0.138. The van der Waals surface area contributed by atoms with Crippen molar-refractivity contribution >= 4 is 33.5 Å². The standard InChI is InChI=1S/C29H22FN7O/c30-19-9-7-16(8-10-19)21-5-2-6-23-26(21)35-28(34-23)27-22-12-24(32-15-25(22)36-37-27)18-11-20(14-31-13-18)33-29(38)17-3-1-4-17/h2,5-15,17H,1,3-4H2,(H,33,38)(H,34,35)(H,36,37). The fourth-order valence-electron chi connectivity index (χ4n) is 4.82. The number of nitrogens with one attached hydrogen (secondary N) is 3. The first kappa shape index (κ1) is 22.3. The maximum atomic E-state index is 13.5. The van der Waals surface area contributed by atoms with Crippen molar-refractivity contribution in [1.82, 2.24) is 30.1 Å². The Morgan fingerprint density at radius 2 is 1.84 bits per heavy atom. The number of carbonyl (C=O) groups is 1. The number of para-hydroxylation sites is 1. The molecule has 38 heavy (non-hydrogen) atoms. The van der Waals surface area contributed by atoms with Crippen molar-refractivity contribution in [2.24, 2.45) is 5.92 Å². The maximum Gasteiger partial charge on any atom is 0.227 e. The minimum atomic E-state index is -0.280. The number of amides is 1. The van der Waals surface area contributed by atoms with E-state index in [1.54, 1.807) is 30.7 Å². The van der Waals surface area contributed by atoms with Crippen LogP contribution in [0.1, 0.15) is 19.3 Å². The molecule has 0 radical (unpaired) electrons. The van der Waals surface area contributed by atoms with Gasteiger partial charge in [0.25, 0.3) is 0 Å². The fourth-order valence-corrected chi connectivity index (χ4v) is 4.82. The monoisotopic (exact) mass is 503 g/mol. The molecule has 1 aliphatic carbocycles. The van der Waals surface area contributed by atoms with Crippen LogP contribution in [-0.2, 0) is 4.79 Å². The van der Waals surface area contributed by atoms with Gasteiger partial charge in [0, 0.05) is 28.6 Å². The van der Waals surface area contributed by atoms with Gasteiger partial charge in [0.05, 0.1) is 40.3 Å². The number of nitrogens with zero attached hydrogens (tertiary/aromatic N) is 4. The number of imidazole rings is 1. The van der Waals surface area contributed by atoms with Crippen molar-refractivity contribution in [2.75, 3.05) is 5.32 Å². The zero-order valence-corrected chi connectivity index (χ0v) is 20.2. The highest BCUT2D eigenvalue weighted by atomic mass is 19.1. The number of hydrogen-bond acceptors (Lipinski definition) is 5. The Kier molecular flexibility index (Phi) is 5.21. The predicted molar refractivity (Wildman–Crippen MR) is 144 cm³/mol. The summed E-state index contributed by atoms with van der Waals surface area (Å²) >= 11 is 0. The number of carbonyl (C=O) groups excluding carboxylic acids is 1. The normalized spacial score (nSPS) is 13.6. The molecule has 4 aromatic heterocycles. The third-order valence-corrected chi connectivity index (χ3v) is 7.12. The molecule has 1 amide bonds. The lowest BCUT2D eigenvalue weighted by Gasteiger charge is -2.24. The summed E-state index contributed by atoms with van der Waals surface area (Å²) in [5.41, 5.74) is 6.98. The number of halogens is 1. The molecule has 1 saturated carbocycles. The molecule has 6 aromatic rings. The SMILES string of the molecule is O=C(Nc1cncc(-c2cc3c(-c4nc5c(-c6ccc(F)cc6)cccc5[nH]4)n[nH]c3cn2)c1)C1CCC1. The molecule has 0 aliphatic heterocycles. The first-order valence-corrected chi connectivity index (χ1v) is 12.5. The molecular formula is C29H22FN7O. The number of benzene rings is 2. The predicted octanol–water partition coefficient (Wildman–Crippen LogP) is 6.11. The van der Waals surface area contributed by atoms with Crippen LogP contribution < -0.4 is 5.32 Å². The van der Waals surface area contributed by atoms with E-state index in [1.165, 1.54) is 12.1 Å². The molecule has 0 unspecified atom stereocenters. The summed E-state index contributed by atoms with van der Waals surface area (Å²) in [7, 11) is 0. The molecular weight excluding hydrogens is 481 g/mol. The van der Waals surface area contributed by atoms with Crippen molar-refractivity contribution in [1.29, 1.82) is 0 Å². The van der Waals surface area contributed by atoms with Crippen molar-refractivity contribution < 1.29 is 9.18 Å². The quantitative estimate of drug-likeness (QED) is 0.263. The van der Waals surface area contributed by atoms with Gasteiger partial charge in [-0.15, -0.1) is 0 Å². The molecule has 4 heterocycles. The van der Waals surface area contributed by atoms with Crippen molar-refractivity contribution in [3.63, 3.8) is 0 Å². The summed E-state index contributed by atoms with van der Waals surface area (Å²) in [6.07, 6.45) is 8.08. The van der Waals surface area contributed by atoms with E-state index >= 15 is 0 Å². The number of aromatic nitrogens is 6. The van der Waals surface area contributed by atoms with Gasteiger partial charge in [-0.2, -0.15) is 5.10 Å². The first-order chi connectivity index (χ1) is 18.6. The van der Waals surface area contributed by atoms with Gasteiger partial charge in [0.2, 0.25) is 5.91 Å². The first-order valence-electron chi connectivity index (χ1n) is 12.5. The van der Waals surface area contributed by atoms with E-state index in [-0.39, 0.29) is 17.6 Å². The summed E-state index contributed by atoms with van der Waals surface area (Å²) < 4.78 is 13.5. The molecule has 9 heteroatoms. The summed E-state index contributed by atoms with van der Waals surface area (Å²) in [4.78, 5) is 29.5. The summed E-state index contributed by atoms with van der Waals surface area (Å²) in [6.45, 7) is 0. The molecule has 0 atom stereocenters. The van der Waals surface area contributed by atoms with Crippen molar-refractivity contribution in [3.05, 3.63) is 79.0 Å². The average Bonchev–Trinajstić information content (AvgIpc) is 3.52. The third-order valence-electron chi connectivity index (χ3n) is 7.12. The molecule has 1 fully saturated rings. The summed E-state index contributed by atoms with van der Waals surface area (Å²) in [5, 5.41) is 11.4. The Hall–Kier alpha value is -4.92. The van der Waals surface area contributed by atoms with E-state index in [1.807, 2.05) is 30.3 Å². The molecule has 0 spiro atoms. The zero-order chi connectivity index (χ0) is 25.6. The van der Waals surface area contributed by atoms with Gasteiger partial charge in [-0.05, 0) is 48.7 Å². The van der Waals surface area contributed by atoms with Gasteiger partial charge in [0.15, 0.2) is 5.82 Å². The number of hydrogen-bond donors (Lipinski definition) is 3. The third kappa shape index (κ3) is 3.88. The lowest BCUT2D eigenvalue weighted by atomic mass is 9.85. The van der Waals surface area contributed by atoms with Gasteiger partial charge in [0.1, 0.15) is 11.5 Å². The highest BCUT2D eigenvalue weighted by Gasteiger charge is 2.25. The summed E-state index contributed by atoms with van der Waals surface area (Å²) in [6, 6.07) is 16.1. The lowest BCUT2D eigenvalue weighted by molar-refractivity contribution is -0.122. The maximum absolute atomic E-state index is 13.5. The largest absolute Gasteiger partial charge is 0.337 e. The molecule has 2 aromatic carbocycles. The lowest BCUT2D eigenvalue weighted by Crippen LogP contribution is -2.28. The van der Waals surface area contributed by atoms with Gasteiger partial charge in [-0.1, -0.05) is 30.7 Å². The number of anilines is 1. The minimum Gasteiger partial charge on any atom is -0.337 e. The molecule has 8 nitrogen and oxygen atoms in total. The second-order valence-electron chi connectivity index (χ2n) is 9.56. The molecule has 3 N–H and O–H groups in total. The number of H-pyrrole nitrogens is 2. The van der Waals surface area contributed by atoms with Crippen LogP contribution in [0, 0.1) is 11.7 Å². The smallest absolute Gasteiger partial charge is 0.227 e. The highest BCUT2D eigenvalue weighted by Crippen LogP contribution is 2.33. The van der Waals surface area contributed by atoms with Crippen LogP contribution in [0.3, 0.4) is 0 Å². The van der Waals surface area contributed by atoms with E-state index in [0.717, 1.165) is 57.9 Å². The second kappa shape index (κ2) is 8.88. The minimum absolute atomic E-state index is 0.0422. The molecule has 7 rings (SSSR count). The molecule has 0 bridgehead atoms. The highest BCUT2D eigenvalue weighted by molar-refractivity contribution is 5.98. The van der Waals surface area contributed by atoms with Crippen LogP contribution in [0.4, 0.5) is 10.1 Å². The Bertz CT molecular complexity index is 1820. The Labute approximate surface area is 216 Å². The van der Waals surface area contributed by atoms with E-state index in [9.17, 15) is 9.18 Å². The van der Waals surface area contributed by atoms with E-state index in [4.69, 9.17) is 4.98 Å². The molecule has 186 valence electrons. The molecule has 1 aliphatic rings. The van der Waals surface area contributed by atoms with E-state index in [0.29, 0.717) is 22.9 Å². The van der Waals surface area contributed by atoms with Gasteiger partial charge in [-0.3, -0.25) is 19.9 Å². The van der Waals surface area contributed by atoms with Gasteiger partial charge in [-0.25, -0.2) is 9.37 Å². The Morgan fingerprint density at radius 1 is 0.974 bits per heavy atom. The van der Waals surface area contributed by atoms with Crippen LogP contribution >= 0.6 is 0 Å². The number of aromatic amines is 2. The van der Waals surface area contributed by atoms with Crippen LogP contribution in [0.2, 0.25) is 0 Å². The Morgan fingerprint density at radius 3 is 2.66 bits per heavy atom. The number of rotatable bonds is 5. The van der Waals surface area contributed by atoms with Crippen molar-refractivity contribution in [2.45, 2.75) is 19.3 Å².